The van der Waals surface area contributed by atoms with Crippen LogP contribution in [0.5, 0.6) is 5.75 Å². The summed E-state index contributed by atoms with van der Waals surface area (Å²) in [4.78, 5) is 31.8. The molecule has 1 fully saturated rings. The molecule has 0 radical (unpaired) electrons. The second-order valence-corrected chi connectivity index (χ2v) is 6.86. The molecule has 2 aromatic heterocycles. The molecule has 0 atom stereocenters. The Kier molecular flexibility index (Phi) is 5.51. The molecule has 1 saturated carbocycles. The third kappa shape index (κ3) is 4.69. The number of pyridine rings is 2. The molecular weight excluding hydrogens is 386 g/mol. The van der Waals surface area contributed by atoms with Crippen LogP contribution < -0.4 is 15.4 Å². The van der Waals surface area contributed by atoms with Gasteiger partial charge in [-0.3, -0.25) is 19.9 Å². The van der Waals surface area contributed by atoms with Crippen molar-refractivity contribution >= 4 is 23.1 Å². The second-order valence-electron chi connectivity index (χ2n) is 6.86. The molecule has 0 unspecified atom stereocenters. The van der Waals surface area contributed by atoms with Crippen molar-refractivity contribution in [3.8, 4) is 5.75 Å². The van der Waals surface area contributed by atoms with Crippen molar-refractivity contribution in [2.45, 2.75) is 25.5 Å². The van der Waals surface area contributed by atoms with E-state index >= 15 is 0 Å². The van der Waals surface area contributed by atoms with Crippen molar-refractivity contribution in [1.82, 2.24) is 9.97 Å². The number of amides is 1. The van der Waals surface area contributed by atoms with Gasteiger partial charge in [0.1, 0.15) is 12.3 Å². The van der Waals surface area contributed by atoms with Crippen LogP contribution in [-0.4, -0.2) is 26.8 Å². The van der Waals surface area contributed by atoms with Crippen LogP contribution in [0.4, 0.5) is 17.2 Å². The number of nitro groups is 1. The number of carbonyl (C=O) groups excluding carboxylic acids is 1. The van der Waals surface area contributed by atoms with Crippen molar-refractivity contribution in [2.75, 3.05) is 10.6 Å². The molecule has 4 rings (SSSR count). The fourth-order valence-electron chi connectivity index (χ4n) is 2.81. The topological polar surface area (TPSA) is 119 Å². The average molecular weight is 405 g/mol. The van der Waals surface area contributed by atoms with Gasteiger partial charge in [0.05, 0.1) is 4.92 Å². The molecule has 1 amide bonds. The van der Waals surface area contributed by atoms with E-state index in [1.807, 2.05) is 12.1 Å². The molecular formula is C21H19N5O4. The predicted molar refractivity (Wildman–Crippen MR) is 111 cm³/mol. The maximum absolute atomic E-state index is 12.7. The third-order valence-electron chi connectivity index (χ3n) is 4.54. The minimum absolute atomic E-state index is 0.135. The Morgan fingerprint density at radius 3 is 2.70 bits per heavy atom. The summed E-state index contributed by atoms with van der Waals surface area (Å²) < 4.78 is 5.77. The number of anilines is 2. The molecule has 0 aliphatic heterocycles. The van der Waals surface area contributed by atoms with Crippen LogP contribution in [0.15, 0.2) is 61.1 Å². The van der Waals surface area contributed by atoms with E-state index in [1.54, 1.807) is 36.7 Å². The SMILES string of the molecule is O=C(Nc1ncccc1OCc1ccncc1)c1ccc(NC2CC2)c([N+](=O)[O-])c1. The molecule has 9 nitrogen and oxygen atoms in total. The van der Waals surface area contributed by atoms with Gasteiger partial charge in [-0.25, -0.2) is 4.98 Å². The van der Waals surface area contributed by atoms with Crippen LogP contribution in [0.25, 0.3) is 0 Å². The predicted octanol–water partition coefficient (Wildman–Crippen LogP) is 3.79. The Labute approximate surface area is 172 Å². The highest BCUT2D eigenvalue weighted by atomic mass is 16.6. The number of benzene rings is 1. The van der Waals surface area contributed by atoms with Crippen molar-refractivity contribution in [3.63, 3.8) is 0 Å². The molecule has 0 saturated heterocycles. The van der Waals surface area contributed by atoms with Gasteiger partial charge in [0.25, 0.3) is 11.6 Å². The fourth-order valence-corrected chi connectivity index (χ4v) is 2.81. The third-order valence-corrected chi connectivity index (χ3v) is 4.54. The first-order valence-electron chi connectivity index (χ1n) is 9.43. The van der Waals surface area contributed by atoms with Crippen molar-refractivity contribution in [2.24, 2.45) is 0 Å². The molecule has 2 N–H and O–H groups in total. The van der Waals surface area contributed by atoms with Crippen LogP contribution in [0.1, 0.15) is 28.8 Å². The summed E-state index contributed by atoms with van der Waals surface area (Å²) in [5.74, 6) is 0.118. The zero-order valence-corrected chi connectivity index (χ0v) is 15.9. The van der Waals surface area contributed by atoms with Gasteiger partial charge in [-0.1, -0.05) is 0 Å². The number of ether oxygens (including phenoxy) is 1. The maximum atomic E-state index is 12.7. The lowest BCUT2D eigenvalue weighted by molar-refractivity contribution is -0.384. The lowest BCUT2D eigenvalue weighted by atomic mass is 10.1. The van der Waals surface area contributed by atoms with Gasteiger partial charge < -0.3 is 15.4 Å². The lowest BCUT2D eigenvalue weighted by Crippen LogP contribution is -2.15. The minimum atomic E-state index is -0.511. The number of hydrogen-bond donors (Lipinski definition) is 2. The van der Waals surface area contributed by atoms with Crippen molar-refractivity contribution < 1.29 is 14.5 Å². The Bertz CT molecular complexity index is 1070. The number of rotatable bonds is 8. The smallest absolute Gasteiger partial charge is 0.293 e. The van der Waals surface area contributed by atoms with Gasteiger partial charge in [0.15, 0.2) is 11.6 Å². The summed E-state index contributed by atoms with van der Waals surface area (Å²) in [6.45, 7) is 0.282. The first kappa shape index (κ1) is 19.3. The van der Waals surface area contributed by atoms with Crippen molar-refractivity contribution in [3.05, 3.63) is 82.3 Å². The summed E-state index contributed by atoms with van der Waals surface area (Å²) in [7, 11) is 0. The number of aromatic nitrogens is 2. The van der Waals surface area contributed by atoms with Gasteiger partial charge in [0, 0.05) is 36.3 Å². The summed E-state index contributed by atoms with van der Waals surface area (Å²) in [5, 5.41) is 17.2. The van der Waals surface area contributed by atoms with Crippen LogP contribution in [-0.2, 0) is 6.61 Å². The van der Waals surface area contributed by atoms with Gasteiger partial charge in [0.2, 0.25) is 0 Å². The van der Waals surface area contributed by atoms with E-state index in [4.69, 9.17) is 4.74 Å². The van der Waals surface area contributed by atoms with Crippen molar-refractivity contribution in [1.29, 1.82) is 0 Å². The first-order valence-corrected chi connectivity index (χ1v) is 9.43. The summed E-state index contributed by atoms with van der Waals surface area (Å²) in [6, 6.07) is 11.7. The molecule has 1 aromatic carbocycles. The highest BCUT2D eigenvalue weighted by Gasteiger charge is 2.25. The van der Waals surface area contributed by atoms with Gasteiger partial charge >= 0.3 is 0 Å². The molecule has 1 aliphatic carbocycles. The largest absolute Gasteiger partial charge is 0.485 e. The fraction of sp³-hybridized carbons (Fsp3) is 0.190. The van der Waals surface area contributed by atoms with Gasteiger partial charge in [-0.2, -0.15) is 0 Å². The molecule has 152 valence electrons. The Balaban J connectivity index is 1.49. The first-order chi connectivity index (χ1) is 14.6. The van der Waals surface area contributed by atoms with E-state index in [-0.39, 0.29) is 29.7 Å². The van der Waals surface area contributed by atoms with Crippen LogP contribution >= 0.6 is 0 Å². The lowest BCUT2D eigenvalue weighted by Gasteiger charge is -2.12. The molecule has 9 heteroatoms. The second kappa shape index (κ2) is 8.56. The molecule has 3 aromatic rings. The minimum Gasteiger partial charge on any atom is -0.485 e. The van der Waals surface area contributed by atoms with E-state index < -0.39 is 10.8 Å². The van der Waals surface area contributed by atoms with E-state index in [9.17, 15) is 14.9 Å². The monoisotopic (exact) mass is 405 g/mol. The Morgan fingerprint density at radius 2 is 1.97 bits per heavy atom. The number of nitro benzene ring substituents is 1. The molecule has 0 spiro atoms. The molecule has 2 heterocycles. The van der Waals surface area contributed by atoms with E-state index in [0.717, 1.165) is 18.4 Å². The quantitative estimate of drug-likeness (QED) is 0.432. The normalized spacial score (nSPS) is 12.8. The summed E-state index contributed by atoms with van der Waals surface area (Å²) >= 11 is 0. The highest BCUT2D eigenvalue weighted by Crippen LogP contribution is 2.32. The summed E-state index contributed by atoms with van der Waals surface area (Å²) in [5.41, 5.74) is 1.36. The number of nitrogens with one attached hydrogen (secondary N) is 2. The van der Waals surface area contributed by atoms with Crippen LogP contribution in [0.3, 0.4) is 0 Å². The van der Waals surface area contributed by atoms with Crippen LogP contribution in [0.2, 0.25) is 0 Å². The van der Waals surface area contributed by atoms with Gasteiger partial charge in [-0.15, -0.1) is 0 Å². The standard InChI is InChI=1S/C21H19N5O4/c27-21(15-3-6-17(24-16-4-5-16)18(12-15)26(28)29)25-20-19(2-1-9-23-20)30-13-14-7-10-22-11-8-14/h1-3,6-12,16,24H,4-5,13H2,(H,23,25,27). The Hall–Kier alpha value is -4.01. The average Bonchev–Trinajstić information content (AvgIpc) is 3.58. The molecule has 0 bridgehead atoms. The maximum Gasteiger partial charge on any atom is 0.293 e. The molecule has 30 heavy (non-hydrogen) atoms. The van der Waals surface area contributed by atoms with E-state index in [0.29, 0.717) is 11.4 Å². The summed E-state index contributed by atoms with van der Waals surface area (Å²) in [6.07, 6.45) is 6.83. The molecule has 1 aliphatic rings. The number of nitrogens with zero attached hydrogens (tertiary/aromatic N) is 3. The zero-order valence-electron chi connectivity index (χ0n) is 15.9. The number of carbonyl (C=O) groups is 1. The van der Waals surface area contributed by atoms with Crippen LogP contribution in [0, 0.1) is 10.1 Å². The van der Waals surface area contributed by atoms with Gasteiger partial charge in [-0.05, 0) is 54.8 Å². The number of hydrogen-bond acceptors (Lipinski definition) is 7. The Morgan fingerprint density at radius 1 is 1.17 bits per heavy atom. The zero-order chi connectivity index (χ0) is 20.9. The van der Waals surface area contributed by atoms with E-state index in [1.165, 1.54) is 12.3 Å². The van der Waals surface area contributed by atoms with E-state index in [2.05, 4.69) is 20.6 Å². The highest BCUT2D eigenvalue weighted by molar-refractivity contribution is 6.05.